The normalized spacial score (nSPS) is 11.8. The Hall–Kier alpha value is -2.35. The predicted octanol–water partition coefficient (Wildman–Crippen LogP) is 2.26. The zero-order valence-corrected chi connectivity index (χ0v) is 16.7. The first-order chi connectivity index (χ1) is 11.9. The van der Waals surface area contributed by atoms with E-state index in [4.69, 9.17) is 9.47 Å². The standard InChI is InChI=1S/C18H30N4O4/c1-17(2,3)26-16(24)21-18(4,5)15(23)20-13-8-9-14(19-12-13)25-11-10-22(6)7/h8-9,12H,10-11H2,1-7H3,(H,20,23)(H,21,24). The van der Waals surface area contributed by atoms with E-state index >= 15 is 0 Å². The number of nitrogens with one attached hydrogen (secondary N) is 2. The van der Waals surface area contributed by atoms with Crippen molar-refractivity contribution in [3.05, 3.63) is 18.3 Å². The van der Waals surface area contributed by atoms with E-state index in [-0.39, 0.29) is 5.91 Å². The number of alkyl carbamates (subject to hydrolysis) is 1. The van der Waals surface area contributed by atoms with Crippen molar-refractivity contribution < 1.29 is 19.1 Å². The molecule has 2 N–H and O–H groups in total. The maximum Gasteiger partial charge on any atom is 0.408 e. The van der Waals surface area contributed by atoms with E-state index in [1.807, 2.05) is 19.0 Å². The minimum absolute atomic E-state index is 0.383. The van der Waals surface area contributed by atoms with Crippen LogP contribution >= 0.6 is 0 Å². The zero-order chi connectivity index (χ0) is 20.0. The van der Waals surface area contributed by atoms with Gasteiger partial charge in [-0.05, 0) is 54.8 Å². The summed E-state index contributed by atoms with van der Waals surface area (Å²) in [6, 6.07) is 3.37. The fraction of sp³-hybridized carbons (Fsp3) is 0.611. The van der Waals surface area contributed by atoms with E-state index in [1.54, 1.807) is 46.8 Å². The van der Waals surface area contributed by atoms with Gasteiger partial charge in [0.2, 0.25) is 11.8 Å². The molecule has 146 valence electrons. The van der Waals surface area contributed by atoms with Crippen molar-refractivity contribution in [1.29, 1.82) is 0 Å². The van der Waals surface area contributed by atoms with E-state index < -0.39 is 17.2 Å². The lowest BCUT2D eigenvalue weighted by molar-refractivity contribution is -0.121. The molecule has 1 aromatic heterocycles. The number of carbonyl (C=O) groups excluding carboxylic acids is 2. The first-order valence-corrected chi connectivity index (χ1v) is 8.45. The highest BCUT2D eigenvalue weighted by molar-refractivity contribution is 5.99. The molecule has 0 aliphatic carbocycles. The van der Waals surface area contributed by atoms with Crippen LogP contribution in [0.2, 0.25) is 0 Å². The molecule has 0 saturated heterocycles. The van der Waals surface area contributed by atoms with Crippen molar-refractivity contribution in [2.24, 2.45) is 0 Å². The molecule has 0 saturated carbocycles. The molecule has 8 nitrogen and oxygen atoms in total. The van der Waals surface area contributed by atoms with Gasteiger partial charge < -0.3 is 25.0 Å². The van der Waals surface area contributed by atoms with Crippen LogP contribution in [0.5, 0.6) is 5.88 Å². The van der Waals surface area contributed by atoms with Gasteiger partial charge in [0.25, 0.3) is 0 Å². The van der Waals surface area contributed by atoms with Crippen LogP contribution in [0.25, 0.3) is 0 Å². The lowest BCUT2D eigenvalue weighted by Gasteiger charge is -2.27. The van der Waals surface area contributed by atoms with Gasteiger partial charge >= 0.3 is 6.09 Å². The first kappa shape index (κ1) is 21.7. The van der Waals surface area contributed by atoms with Crippen molar-refractivity contribution in [1.82, 2.24) is 15.2 Å². The van der Waals surface area contributed by atoms with Crippen molar-refractivity contribution >= 4 is 17.7 Å². The SMILES string of the molecule is CN(C)CCOc1ccc(NC(=O)C(C)(C)NC(=O)OC(C)(C)C)cn1. The molecule has 8 heteroatoms. The summed E-state index contributed by atoms with van der Waals surface area (Å²) in [6.45, 7) is 9.77. The summed E-state index contributed by atoms with van der Waals surface area (Å²) in [5.41, 5.74) is -1.28. The summed E-state index contributed by atoms with van der Waals surface area (Å²) >= 11 is 0. The number of carbonyl (C=O) groups is 2. The summed E-state index contributed by atoms with van der Waals surface area (Å²) < 4.78 is 10.7. The molecule has 1 rings (SSSR count). The maximum absolute atomic E-state index is 12.4. The van der Waals surface area contributed by atoms with Crippen LogP contribution in [0.15, 0.2) is 18.3 Å². The monoisotopic (exact) mass is 366 g/mol. The summed E-state index contributed by atoms with van der Waals surface area (Å²) in [4.78, 5) is 30.5. The number of anilines is 1. The molecular formula is C18H30N4O4. The highest BCUT2D eigenvalue weighted by Gasteiger charge is 2.31. The van der Waals surface area contributed by atoms with Gasteiger partial charge in [-0.25, -0.2) is 9.78 Å². The number of aromatic nitrogens is 1. The van der Waals surface area contributed by atoms with Gasteiger partial charge in [0.1, 0.15) is 17.7 Å². The predicted molar refractivity (Wildman–Crippen MR) is 100 cm³/mol. The Bertz CT molecular complexity index is 607. The number of hydrogen-bond acceptors (Lipinski definition) is 6. The average molecular weight is 366 g/mol. The van der Waals surface area contributed by atoms with Gasteiger partial charge in [-0.3, -0.25) is 4.79 Å². The molecule has 0 spiro atoms. The number of rotatable bonds is 7. The zero-order valence-electron chi connectivity index (χ0n) is 16.7. The maximum atomic E-state index is 12.4. The summed E-state index contributed by atoms with van der Waals surface area (Å²) in [7, 11) is 3.92. The van der Waals surface area contributed by atoms with Crippen LogP contribution in [-0.4, -0.2) is 60.3 Å². The molecule has 0 aromatic carbocycles. The Morgan fingerprint density at radius 3 is 2.31 bits per heavy atom. The quantitative estimate of drug-likeness (QED) is 0.769. The average Bonchev–Trinajstić information content (AvgIpc) is 2.46. The second-order valence-corrected chi connectivity index (χ2v) is 7.74. The second kappa shape index (κ2) is 8.84. The third-order valence-electron chi connectivity index (χ3n) is 3.16. The van der Waals surface area contributed by atoms with Gasteiger partial charge in [0.15, 0.2) is 0 Å². The molecule has 2 amide bonds. The summed E-state index contributed by atoms with van der Waals surface area (Å²) in [6.07, 6.45) is 0.854. The third-order valence-corrected chi connectivity index (χ3v) is 3.16. The fourth-order valence-electron chi connectivity index (χ4n) is 1.78. The van der Waals surface area contributed by atoms with Gasteiger partial charge in [0, 0.05) is 12.6 Å². The van der Waals surface area contributed by atoms with Gasteiger partial charge in [-0.2, -0.15) is 0 Å². The molecule has 0 aliphatic heterocycles. The van der Waals surface area contributed by atoms with Gasteiger partial charge in [-0.1, -0.05) is 0 Å². The number of amides is 2. The number of nitrogens with zero attached hydrogens (tertiary/aromatic N) is 2. The molecule has 0 unspecified atom stereocenters. The molecule has 1 aromatic rings. The molecule has 0 aliphatic rings. The van der Waals surface area contributed by atoms with Crippen LogP contribution in [0, 0.1) is 0 Å². The van der Waals surface area contributed by atoms with E-state index in [1.165, 1.54) is 6.20 Å². The first-order valence-electron chi connectivity index (χ1n) is 8.45. The lowest BCUT2D eigenvalue weighted by atomic mass is 10.0. The van der Waals surface area contributed by atoms with Crippen LogP contribution in [0.4, 0.5) is 10.5 Å². The van der Waals surface area contributed by atoms with E-state index in [0.717, 1.165) is 6.54 Å². The van der Waals surface area contributed by atoms with Crippen LogP contribution in [0.1, 0.15) is 34.6 Å². The Morgan fingerprint density at radius 1 is 1.15 bits per heavy atom. The Labute approximate surface area is 155 Å². The molecule has 0 radical (unpaired) electrons. The molecule has 26 heavy (non-hydrogen) atoms. The number of pyridine rings is 1. The number of hydrogen-bond donors (Lipinski definition) is 2. The van der Waals surface area contributed by atoms with E-state index in [0.29, 0.717) is 18.2 Å². The fourth-order valence-corrected chi connectivity index (χ4v) is 1.78. The van der Waals surface area contributed by atoms with E-state index in [9.17, 15) is 9.59 Å². The molecule has 0 bridgehead atoms. The Kier molecular flexibility index (Phi) is 7.38. The van der Waals surface area contributed by atoms with Crippen molar-refractivity contribution in [3.8, 4) is 5.88 Å². The highest BCUT2D eigenvalue weighted by atomic mass is 16.6. The summed E-state index contributed by atoms with van der Waals surface area (Å²) in [5, 5.41) is 5.28. The van der Waals surface area contributed by atoms with Gasteiger partial charge in [-0.15, -0.1) is 0 Å². The Morgan fingerprint density at radius 2 is 1.81 bits per heavy atom. The highest BCUT2D eigenvalue weighted by Crippen LogP contribution is 2.15. The largest absolute Gasteiger partial charge is 0.476 e. The molecule has 1 heterocycles. The topological polar surface area (TPSA) is 92.8 Å². The number of likely N-dealkylation sites (N-methyl/N-ethyl adjacent to an activating group) is 1. The third kappa shape index (κ3) is 8.15. The van der Waals surface area contributed by atoms with Gasteiger partial charge in [0.05, 0.1) is 11.9 Å². The minimum atomic E-state index is -1.15. The smallest absolute Gasteiger partial charge is 0.408 e. The van der Waals surface area contributed by atoms with Crippen molar-refractivity contribution in [2.45, 2.75) is 45.8 Å². The molecular weight excluding hydrogens is 336 g/mol. The number of ether oxygens (including phenoxy) is 2. The molecule has 0 fully saturated rings. The second-order valence-electron chi connectivity index (χ2n) is 7.74. The lowest BCUT2D eigenvalue weighted by Crippen LogP contribution is -2.53. The minimum Gasteiger partial charge on any atom is -0.476 e. The van der Waals surface area contributed by atoms with Crippen molar-refractivity contribution in [2.75, 3.05) is 32.6 Å². The Balaban J connectivity index is 2.58. The van der Waals surface area contributed by atoms with Crippen LogP contribution in [-0.2, 0) is 9.53 Å². The van der Waals surface area contributed by atoms with Crippen LogP contribution < -0.4 is 15.4 Å². The van der Waals surface area contributed by atoms with E-state index in [2.05, 4.69) is 15.6 Å². The van der Waals surface area contributed by atoms with Crippen molar-refractivity contribution in [3.63, 3.8) is 0 Å². The molecule has 0 atom stereocenters. The summed E-state index contributed by atoms with van der Waals surface area (Å²) in [5.74, 6) is 0.0995. The van der Waals surface area contributed by atoms with Crippen LogP contribution in [0.3, 0.4) is 0 Å².